The zero-order valence-corrected chi connectivity index (χ0v) is 16.1. The first-order valence-corrected chi connectivity index (χ1v) is 9.42. The molecule has 7 heteroatoms. The number of hydrogen-bond acceptors (Lipinski definition) is 5. The van der Waals surface area contributed by atoms with Gasteiger partial charge in [0, 0.05) is 25.3 Å². The minimum atomic E-state index is -0.362. The summed E-state index contributed by atoms with van der Waals surface area (Å²) < 4.78 is 6.76. The van der Waals surface area contributed by atoms with E-state index in [-0.39, 0.29) is 17.6 Å². The number of hydrogen-bond donors (Lipinski definition) is 1. The number of carbonyl (C=O) groups excluding carboxylic acids is 2. The fraction of sp³-hybridized carbons (Fsp3) is 0.0952. The molecule has 2 amide bonds. The van der Waals surface area contributed by atoms with E-state index in [2.05, 4.69) is 10.3 Å². The molecule has 4 rings (SSSR count). The van der Waals surface area contributed by atoms with Crippen LogP contribution in [0.2, 0.25) is 0 Å². The second-order valence-corrected chi connectivity index (χ2v) is 7.41. The van der Waals surface area contributed by atoms with Crippen molar-refractivity contribution >= 4 is 39.1 Å². The third-order valence-corrected chi connectivity index (χ3v) is 5.18. The van der Waals surface area contributed by atoms with E-state index in [4.69, 9.17) is 4.42 Å². The fourth-order valence-corrected chi connectivity index (χ4v) is 3.63. The molecule has 0 unspecified atom stereocenters. The average molecular weight is 391 g/mol. The summed E-state index contributed by atoms with van der Waals surface area (Å²) in [5.74, 6) is 0.296. The van der Waals surface area contributed by atoms with Crippen LogP contribution in [-0.2, 0) is 0 Å². The van der Waals surface area contributed by atoms with Gasteiger partial charge in [-0.3, -0.25) is 9.59 Å². The Morgan fingerprint density at radius 2 is 1.75 bits per heavy atom. The molecule has 0 aliphatic rings. The first kappa shape index (κ1) is 17.9. The van der Waals surface area contributed by atoms with Crippen molar-refractivity contribution in [3.8, 4) is 10.8 Å². The summed E-state index contributed by atoms with van der Waals surface area (Å²) in [7, 11) is 3.38. The number of amides is 2. The first-order chi connectivity index (χ1) is 13.5. The lowest BCUT2D eigenvalue weighted by Crippen LogP contribution is -2.21. The van der Waals surface area contributed by atoms with Crippen LogP contribution >= 0.6 is 11.3 Å². The second kappa shape index (κ2) is 7.28. The minimum absolute atomic E-state index is 0.0932. The average Bonchev–Trinajstić information content (AvgIpc) is 3.35. The van der Waals surface area contributed by atoms with Gasteiger partial charge in [-0.25, -0.2) is 4.98 Å². The van der Waals surface area contributed by atoms with Crippen LogP contribution in [0.1, 0.15) is 20.9 Å². The lowest BCUT2D eigenvalue weighted by Gasteiger charge is -2.10. The number of benzene rings is 2. The molecule has 0 bridgehead atoms. The van der Waals surface area contributed by atoms with E-state index in [1.54, 1.807) is 50.5 Å². The van der Waals surface area contributed by atoms with E-state index in [9.17, 15) is 9.59 Å². The Labute approximate surface area is 165 Å². The Morgan fingerprint density at radius 3 is 2.46 bits per heavy atom. The highest BCUT2D eigenvalue weighted by Crippen LogP contribution is 2.31. The molecule has 0 saturated heterocycles. The van der Waals surface area contributed by atoms with Gasteiger partial charge in [0.15, 0.2) is 16.5 Å². The highest BCUT2D eigenvalue weighted by Gasteiger charge is 2.15. The molecule has 0 aliphatic carbocycles. The third kappa shape index (κ3) is 3.52. The number of para-hydroxylation sites is 1. The number of nitrogens with zero attached hydrogens (tertiary/aromatic N) is 2. The molecular weight excluding hydrogens is 374 g/mol. The predicted octanol–water partition coefficient (Wildman–Crippen LogP) is 4.51. The molecular formula is C21H17N3O3S. The van der Waals surface area contributed by atoms with Crippen molar-refractivity contribution in [1.82, 2.24) is 9.88 Å². The molecule has 2 aromatic carbocycles. The van der Waals surface area contributed by atoms with Crippen LogP contribution < -0.4 is 5.32 Å². The maximum absolute atomic E-state index is 12.5. The number of thiazole rings is 1. The lowest BCUT2D eigenvalue weighted by atomic mass is 10.2. The summed E-state index contributed by atoms with van der Waals surface area (Å²) >= 11 is 1.51. The van der Waals surface area contributed by atoms with Crippen molar-refractivity contribution in [2.75, 3.05) is 19.4 Å². The van der Waals surface area contributed by atoms with Gasteiger partial charge in [0.05, 0.1) is 10.2 Å². The SMILES string of the molecule is CN(C)C(=O)c1ccc(NC(=O)c2ccc(-c3nc4ccccc4s3)o2)cc1. The van der Waals surface area contributed by atoms with Crippen molar-refractivity contribution in [3.05, 3.63) is 72.0 Å². The monoisotopic (exact) mass is 391 g/mol. The van der Waals surface area contributed by atoms with Crippen molar-refractivity contribution in [3.63, 3.8) is 0 Å². The van der Waals surface area contributed by atoms with Gasteiger partial charge in [-0.1, -0.05) is 12.1 Å². The topological polar surface area (TPSA) is 75.4 Å². The van der Waals surface area contributed by atoms with Gasteiger partial charge in [-0.05, 0) is 48.5 Å². The number of fused-ring (bicyclic) bond motifs is 1. The predicted molar refractivity (Wildman–Crippen MR) is 110 cm³/mol. The quantitative estimate of drug-likeness (QED) is 0.555. The standard InChI is InChI=1S/C21H17N3O3S/c1-24(2)21(26)13-7-9-14(10-8-13)22-19(25)16-11-12-17(27-16)20-23-15-5-3-4-6-18(15)28-20/h3-12H,1-2H3,(H,22,25). The van der Waals surface area contributed by atoms with Crippen molar-refractivity contribution in [2.24, 2.45) is 0 Å². The lowest BCUT2D eigenvalue weighted by molar-refractivity contribution is 0.0827. The van der Waals surface area contributed by atoms with E-state index in [1.807, 2.05) is 24.3 Å². The zero-order valence-electron chi connectivity index (χ0n) is 15.3. The Kier molecular flexibility index (Phi) is 4.67. The number of anilines is 1. The molecule has 1 N–H and O–H groups in total. The molecule has 0 atom stereocenters. The third-order valence-electron chi connectivity index (χ3n) is 4.13. The van der Waals surface area contributed by atoms with Crippen LogP contribution in [0.4, 0.5) is 5.69 Å². The summed E-state index contributed by atoms with van der Waals surface area (Å²) in [5, 5.41) is 3.50. The largest absolute Gasteiger partial charge is 0.448 e. The normalized spacial score (nSPS) is 10.8. The summed E-state index contributed by atoms with van der Waals surface area (Å²) in [4.78, 5) is 30.4. The molecule has 0 aliphatic heterocycles. The summed E-state index contributed by atoms with van der Waals surface area (Å²) in [6.45, 7) is 0. The number of aromatic nitrogens is 1. The molecule has 0 fully saturated rings. The maximum Gasteiger partial charge on any atom is 0.291 e. The molecule has 2 aromatic heterocycles. The van der Waals surface area contributed by atoms with E-state index in [0.717, 1.165) is 15.2 Å². The molecule has 4 aromatic rings. The van der Waals surface area contributed by atoms with Crippen LogP contribution in [0.3, 0.4) is 0 Å². The van der Waals surface area contributed by atoms with Gasteiger partial charge in [0.2, 0.25) is 0 Å². The van der Waals surface area contributed by atoms with E-state index in [1.165, 1.54) is 16.2 Å². The summed E-state index contributed by atoms with van der Waals surface area (Å²) in [6.07, 6.45) is 0. The molecule has 0 radical (unpaired) electrons. The Balaban J connectivity index is 1.49. The number of nitrogens with one attached hydrogen (secondary N) is 1. The minimum Gasteiger partial charge on any atom is -0.448 e. The van der Waals surface area contributed by atoms with E-state index >= 15 is 0 Å². The van der Waals surface area contributed by atoms with Crippen molar-refractivity contribution in [2.45, 2.75) is 0 Å². The first-order valence-electron chi connectivity index (χ1n) is 8.60. The van der Waals surface area contributed by atoms with Crippen LogP contribution in [0.25, 0.3) is 21.0 Å². The Hall–Kier alpha value is -3.45. The second-order valence-electron chi connectivity index (χ2n) is 6.38. The summed E-state index contributed by atoms with van der Waals surface area (Å²) in [5.41, 5.74) is 2.04. The molecule has 6 nitrogen and oxygen atoms in total. The van der Waals surface area contributed by atoms with Crippen molar-refractivity contribution < 1.29 is 14.0 Å². The van der Waals surface area contributed by atoms with Gasteiger partial charge >= 0.3 is 0 Å². The molecule has 2 heterocycles. The van der Waals surface area contributed by atoms with E-state index < -0.39 is 0 Å². The van der Waals surface area contributed by atoms with Crippen molar-refractivity contribution in [1.29, 1.82) is 0 Å². The van der Waals surface area contributed by atoms with Gasteiger partial charge < -0.3 is 14.6 Å². The van der Waals surface area contributed by atoms with Gasteiger partial charge in [0.25, 0.3) is 11.8 Å². The van der Waals surface area contributed by atoms with Crippen LogP contribution in [0, 0.1) is 0 Å². The highest BCUT2D eigenvalue weighted by atomic mass is 32.1. The van der Waals surface area contributed by atoms with Gasteiger partial charge in [-0.15, -0.1) is 11.3 Å². The van der Waals surface area contributed by atoms with Gasteiger partial charge in [0.1, 0.15) is 0 Å². The van der Waals surface area contributed by atoms with Gasteiger partial charge in [-0.2, -0.15) is 0 Å². The zero-order chi connectivity index (χ0) is 19.7. The fourth-order valence-electron chi connectivity index (χ4n) is 2.70. The van der Waals surface area contributed by atoms with Crippen LogP contribution in [0.15, 0.2) is 65.1 Å². The number of rotatable bonds is 4. The molecule has 28 heavy (non-hydrogen) atoms. The summed E-state index contributed by atoms with van der Waals surface area (Å²) in [6, 6.07) is 17.9. The molecule has 0 spiro atoms. The Bertz CT molecular complexity index is 1130. The van der Waals surface area contributed by atoms with Crippen LogP contribution in [0.5, 0.6) is 0 Å². The number of carbonyl (C=O) groups is 2. The smallest absolute Gasteiger partial charge is 0.291 e. The Morgan fingerprint density at radius 1 is 1.00 bits per heavy atom. The molecule has 140 valence electrons. The highest BCUT2D eigenvalue weighted by molar-refractivity contribution is 7.21. The number of furan rings is 1. The van der Waals surface area contributed by atoms with Crippen LogP contribution in [-0.4, -0.2) is 35.8 Å². The van der Waals surface area contributed by atoms with E-state index in [0.29, 0.717) is 17.0 Å². The molecule has 0 saturated carbocycles. The maximum atomic E-state index is 12.5.